The quantitative estimate of drug-likeness (QED) is 0.675. The van der Waals surface area contributed by atoms with Gasteiger partial charge in [0.05, 0.1) is 6.21 Å². The van der Waals surface area contributed by atoms with E-state index in [9.17, 15) is 4.79 Å². The Bertz CT molecular complexity index is 749. The summed E-state index contributed by atoms with van der Waals surface area (Å²) >= 11 is 5.83. The van der Waals surface area contributed by atoms with E-state index in [2.05, 4.69) is 10.5 Å². The molecule has 0 aliphatic carbocycles. The van der Waals surface area contributed by atoms with Crippen LogP contribution < -0.4 is 19.6 Å². The van der Waals surface area contributed by atoms with E-state index in [0.717, 1.165) is 5.56 Å². The van der Waals surface area contributed by atoms with Crippen molar-refractivity contribution in [3.05, 3.63) is 53.1 Å². The second-order valence-electron chi connectivity index (χ2n) is 4.65. The van der Waals surface area contributed by atoms with Gasteiger partial charge in [-0.3, -0.25) is 4.79 Å². The summed E-state index contributed by atoms with van der Waals surface area (Å²) in [5.41, 5.74) is 3.17. The summed E-state index contributed by atoms with van der Waals surface area (Å²) in [6.07, 6.45) is 1.51. The fraction of sp³-hybridized carbons (Fsp3) is 0.125. The van der Waals surface area contributed by atoms with E-state index in [1.54, 1.807) is 36.4 Å². The Labute approximate surface area is 137 Å². The highest BCUT2D eigenvalue weighted by molar-refractivity contribution is 6.30. The standard InChI is InChI=1S/C16H13ClN2O4/c17-12-2-1-3-13(7-12)21-9-16(20)19-18-8-11-4-5-14-15(6-11)23-10-22-14/h1-8H,9-10H2,(H,19,20). The lowest BCUT2D eigenvalue weighted by Gasteiger charge is -2.05. The molecule has 0 aromatic heterocycles. The monoisotopic (exact) mass is 332 g/mol. The van der Waals surface area contributed by atoms with Crippen LogP contribution in [0.25, 0.3) is 0 Å². The van der Waals surface area contributed by atoms with Gasteiger partial charge in [-0.25, -0.2) is 5.43 Å². The molecule has 3 rings (SSSR count). The fourth-order valence-corrected chi connectivity index (χ4v) is 2.09. The maximum Gasteiger partial charge on any atom is 0.277 e. The molecule has 0 radical (unpaired) electrons. The molecular formula is C16H13ClN2O4. The predicted molar refractivity (Wildman–Crippen MR) is 85.2 cm³/mol. The number of hydrogen-bond acceptors (Lipinski definition) is 5. The molecule has 0 saturated heterocycles. The second-order valence-corrected chi connectivity index (χ2v) is 5.09. The minimum atomic E-state index is -0.373. The predicted octanol–water partition coefficient (Wildman–Crippen LogP) is 2.60. The molecule has 0 fully saturated rings. The third kappa shape index (κ3) is 4.14. The smallest absolute Gasteiger partial charge is 0.277 e. The zero-order valence-electron chi connectivity index (χ0n) is 12.0. The molecular weight excluding hydrogens is 320 g/mol. The zero-order chi connectivity index (χ0) is 16.1. The Balaban J connectivity index is 1.48. The van der Waals surface area contributed by atoms with E-state index in [0.29, 0.717) is 22.3 Å². The first-order valence-electron chi connectivity index (χ1n) is 6.80. The SMILES string of the molecule is O=C(COc1cccc(Cl)c1)NN=Cc1ccc2c(c1)OCO2. The molecule has 1 aliphatic heterocycles. The summed E-state index contributed by atoms with van der Waals surface area (Å²) in [7, 11) is 0. The van der Waals surface area contributed by atoms with Crippen molar-refractivity contribution in [2.75, 3.05) is 13.4 Å². The van der Waals surface area contributed by atoms with Crippen molar-refractivity contribution in [1.29, 1.82) is 0 Å². The number of benzene rings is 2. The van der Waals surface area contributed by atoms with Crippen LogP contribution in [0.5, 0.6) is 17.2 Å². The summed E-state index contributed by atoms with van der Waals surface area (Å²) in [6, 6.07) is 12.2. The molecule has 1 N–H and O–H groups in total. The topological polar surface area (TPSA) is 69.2 Å². The first-order chi connectivity index (χ1) is 11.2. The molecule has 0 saturated carbocycles. The molecule has 0 spiro atoms. The minimum absolute atomic E-state index is 0.154. The number of nitrogens with one attached hydrogen (secondary N) is 1. The molecule has 2 aromatic carbocycles. The summed E-state index contributed by atoms with van der Waals surface area (Å²) < 4.78 is 15.8. The molecule has 1 amide bonds. The number of amides is 1. The lowest BCUT2D eigenvalue weighted by Crippen LogP contribution is -2.24. The van der Waals surface area contributed by atoms with Crippen molar-refractivity contribution in [2.45, 2.75) is 0 Å². The number of halogens is 1. The maximum absolute atomic E-state index is 11.7. The summed E-state index contributed by atoms with van der Waals surface area (Å²) in [4.78, 5) is 11.7. The number of carbonyl (C=O) groups is 1. The van der Waals surface area contributed by atoms with Crippen molar-refractivity contribution < 1.29 is 19.0 Å². The number of hydrogen-bond donors (Lipinski definition) is 1. The van der Waals surface area contributed by atoms with Gasteiger partial charge in [-0.2, -0.15) is 5.10 Å². The highest BCUT2D eigenvalue weighted by Crippen LogP contribution is 2.31. The zero-order valence-corrected chi connectivity index (χ0v) is 12.7. The van der Waals surface area contributed by atoms with Crippen LogP contribution in [0.1, 0.15) is 5.56 Å². The van der Waals surface area contributed by atoms with Crippen LogP contribution in [-0.4, -0.2) is 25.5 Å². The van der Waals surface area contributed by atoms with Crippen molar-refractivity contribution in [2.24, 2.45) is 5.10 Å². The van der Waals surface area contributed by atoms with Gasteiger partial charge in [0.2, 0.25) is 6.79 Å². The van der Waals surface area contributed by atoms with Gasteiger partial charge in [-0.1, -0.05) is 17.7 Å². The maximum atomic E-state index is 11.7. The Hall–Kier alpha value is -2.73. The van der Waals surface area contributed by atoms with Gasteiger partial charge < -0.3 is 14.2 Å². The van der Waals surface area contributed by atoms with Crippen LogP contribution in [0.3, 0.4) is 0 Å². The third-order valence-corrected chi connectivity index (χ3v) is 3.20. The Kier molecular flexibility index (Phi) is 4.63. The van der Waals surface area contributed by atoms with Crippen LogP contribution in [0.15, 0.2) is 47.6 Å². The number of nitrogens with zero attached hydrogens (tertiary/aromatic N) is 1. The van der Waals surface area contributed by atoms with E-state index in [1.165, 1.54) is 6.21 Å². The van der Waals surface area contributed by atoms with Gasteiger partial charge in [0.15, 0.2) is 18.1 Å². The first-order valence-corrected chi connectivity index (χ1v) is 7.18. The van der Waals surface area contributed by atoms with Gasteiger partial charge in [0.25, 0.3) is 5.91 Å². The van der Waals surface area contributed by atoms with Crippen LogP contribution in [0.2, 0.25) is 5.02 Å². The van der Waals surface area contributed by atoms with Crippen LogP contribution >= 0.6 is 11.6 Å². The molecule has 0 unspecified atom stereocenters. The van der Waals surface area contributed by atoms with Gasteiger partial charge in [-0.05, 0) is 42.0 Å². The van der Waals surface area contributed by atoms with Crippen LogP contribution in [0.4, 0.5) is 0 Å². The average Bonchev–Trinajstić information content (AvgIpc) is 3.01. The average molecular weight is 333 g/mol. The lowest BCUT2D eigenvalue weighted by atomic mass is 10.2. The number of rotatable bonds is 5. The molecule has 6 nitrogen and oxygen atoms in total. The number of carbonyl (C=O) groups excluding carboxylic acids is 1. The van der Waals surface area contributed by atoms with Gasteiger partial charge >= 0.3 is 0 Å². The van der Waals surface area contributed by atoms with E-state index in [1.807, 2.05) is 6.07 Å². The second kappa shape index (κ2) is 7.02. The Morgan fingerprint density at radius 1 is 1.26 bits per heavy atom. The fourth-order valence-electron chi connectivity index (χ4n) is 1.91. The molecule has 7 heteroatoms. The number of ether oxygens (including phenoxy) is 3. The van der Waals surface area contributed by atoms with Gasteiger partial charge in [0, 0.05) is 5.02 Å². The highest BCUT2D eigenvalue weighted by Gasteiger charge is 2.12. The normalized spacial score (nSPS) is 12.4. The molecule has 0 bridgehead atoms. The van der Waals surface area contributed by atoms with Crippen molar-refractivity contribution in [3.63, 3.8) is 0 Å². The van der Waals surface area contributed by atoms with Gasteiger partial charge in [0.1, 0.15) is 5.75 Å². The molecule has 1 heterocycles. The van der Waals surface area contributed by atoms with Crippen LogP contribution in [0, 0.1) is 0 Å². The molecule has 23 heavy (non-hydrogen) atoms. The summed E-state index contributed by atoms with van der Waals surface area (Å²) in [5.74, 6) is 1.50. The lowest BCUT2D eigenvalue weighted by molar-refractivity contribution is -0.123. The molecule has 2 aromatic rings. The Morgan fingerprint density at radius 2 is 2.13 bits per heavy atom. The van der Waals surface area contributed by atoms with E-state index in [4.69, 9.17) is 25.8 Å². The van der Waals surface area contributed by atoms with Gasteiger partial charge in [-0.15, -0.1) is 0 Å². The van der Waals surface area contributed by atoms with Crippen LogP contribution in [-0.2, 0) is 4.79 Å². The Morgan fingerprint density at radius 3 is 3.00 bits per heavy atom. The summed E-state index contributed by atoms with van der Waals surface area (Å²) in [6.45, 7) is 0.0618. The minimum Gasteiger partial charge on any atom is -0.484 e. The molecule has 1 aliphatic rings. The molecule has 118 valence electrons. The summed E-state index contributed by atoms with van der Waals surface area (Å²) in [5, 5.41) is 4.42. The van der Waals surface area contributed by atoms with Crippen molar-refractivity contribution in [1.82, 2.24) is 5.43 Å². The number of fused-ring (bicyclic) bond motifs is 1. The van der Waals surface area contributed by atoms with Crippen molar-refractivity contribution in [3.8, 4) is 17.2 Å². The largest absolute Gasteiger partial charge is 0.484 e. The van der Waals surface area contributed by atoms with E-state index < -0.39 is 0 Å². The first kappa shape index (κ1) is 15.2. The number of hydrazone groups is 1. The highest BCUT2D eigenvalue weighted by atomic mass is 35.5. The molecule has 0 atom stereocenters. The third-order valence-electron chi connectivity index (χ3n) is 2.97. The van der Waals surface area contributed by atoms with E-state index in [-0.39, 0.29) is 19.3 Å². The van der Waals surface area contributed by atoms with Crippen molar-refractivity contribution >= 4 is 23.7 Å². The van der Waals surface area contributed by atoms with E-state index >= 15 is 0 Å².